The van der Waals surface area contributed by atoms with Crippen LogP contribution >= 0.6 is 8.03 Å². The minimum atomic E-state index is -2.39. The lowest BCUT2D eigenvalue weighted by molar-refractivity contribution is -0.159. The van der Waals surface area contributed by atoms with E-state index in [4.69, 9.17) is 0 Å². The zero-order chi connectivity index (χ0) is 10.4. The van der Waals surface area contributed by atoms with E-state index in [2.05, 4.69) is 14.0 Å². The molecule has 0 aromatic heterocycles. The third-order valence-electron chi connectivity index (χ3n) is 1.05. The van der Waals surface area contributed by atoms with Crippen molar-refractivity contribution in [3.63, 3.8) is 0 Å². The first kappa shape index (κ1) is 12.0. The molecule has 6 nitrogen and oxygen atoms in total. The van der Waals surface area contributed by atoms with Gasteiger partial charge in [0.25, 0.3) is 0 Å². The number of esters is 2. The topological polar surface area (TPSA) is 78.9 Å². The SMILES string of the molecule is COC(=O)C(OC(C)=O)[P+](=O)OC. The summed E-state index contributed by atoms with van der Waals surface area (Å²) in [5.74, 6) is -3.11. The van der Waals surface area contributed by atoms with E-state index in [0.717, 1.165) is 21.1 Å². The van der Waals surface area contributed by atoms with E-state index in [9.17, 15) is 14.2 Å². The normalized spacial score (nSPS) is 13.0. The van der Waals surface area contributed by atoms with Gasteiger partial charge < -0.3 is 9.47 Å². The molecule has 0 fully saturated rings. The molecule has 7 heteroatoms. The highest BCUT2D eigenvalue weighted by molar-refractivity contribution is 7.41. The van der Waals surface area contributed by atoms with Crippen molar-refractivity contribution in [1.29, 1.82) is 0 Å². The quantitative estimate of drug-likeness (QED) is 0.493. The van der Waals surface area contributed by atoms with Crippen LogP contribution in [0.25, 0.3) is 0 Å². The summed E-state index contributed by atoms with van der Waals surface area (Å²) in [7, 11) is -0.155. The number of hydrogen-bond donors (Lipinski definition) is 0. The summed E-state index contributed by atoms with van der Waals surface area (Å²) < 4.78 is 24.1. The number of ether oxygens (including phenoxy) is 2. The van der Waals surface area contributed by atoms with E-state index in [1.54, 1.807) is 0 Å². The van der Waals surface area contributed by atoms with Gasteiger partial charge in [0.1, 0.15) is 0 Å². The Hall–Kier alpha value is -1.00. The molecule has 0 radical (unpaired) electrons. The zero-order valence-corrected chi connectivity index (χ0v) is 8.37. The molecule has 0 rings (SSSR count). The Bertz CT molecular complexity index is 209. The molecule has 2 atom stereocenters. The number of carbonyl (C=O) groups excluding carboxylic acids is 2. The molecule has 0 aliphatic rings. The van der Waals surface area contributed by atoms with Crippen molar-refractivity contribution in [2.24, 2.45) is 0 Å². The molecule has 0 saturated heterocycles. The molecule has 0 N–H and O–H groups in total. The molecule has 0 saturated carbocycles. The molecule has 0 amide bonds. The van der Waals surface area contributed by atoms with E-state index < -0.39 is 25.8 Å². The van der Waals surface area contributed by atoms with Crippen molar-refractivity contribution < 1.29 is 28.2 Å². The van der Waals surface area contributed by atoms with E-state index in [-0.39, 0.29) is 0 Å². The maximum absolute atomic E-state index is 11.0. The summed E-state index contributed by atoms with van der Waals surface area (Å²) in [5, 5.41) is 0. The summed E-state index contributed by atoms with van der Waals surface area (Å²) in [6, 6.07) is 0. The number of rotatable bonds is 4. The Morgan fingerprint density at radius 1 is 1.31 bits per heavy atom. The molecule has 74 valence electrons. The Morgan fingerprint density at radius 2 is 1.85 bits per heavy atom. The van der Waals surface area contributed by atoms with Crippen LogP contribution in [-0.4, -0.2) is 32.0 Å². The average molecular weight is 209 g/mol. The second-order valence-electron chi connectivity index (χ2n) is 1.95. The fourth-order valence-electron chi connectivity index (χ4n) is 0.531. The summed E-state index contributed by atoms with van der Waals surface area (Å²) in [4.78, 5) is 21.4. The fraction of sp³-hybridized carbons (Fsp3) is 0.667. The molecular weight excluding hydrogens is 199 g/mol. The van der Waals surface area contributed by atoms with Gasteiger partial charge >= 0.3 is 25.8 Å². The van der Waals surface area contributed by atoms with Crippen molar-refractivity contribution in [3.8, 4) is 0 Å². The van der Waals surface area contributed by atoms with Gasteiger partial charge in [0, 0.05) is 6.92 Å². The van der Waals surface area contributed by atoms with Gasteiger partial charge in [-0.05, 0) is 4.57 Å². The van der Waals surface area contributed by atoms with Crippen molar-refractivity contribution in [3.05, 3.63) is 0 Å². The predicted octanol–water partition coefficient (Wildman–Crippen LogP) is 0.437. The van der Waals surface area contributed by atoms with E-state index >= 15 is 0 Å². The molecule has 13 heavy (non-hydrogen) atoms. The monoisotopic (exact) mass is 209 g/mol. The fourth-order valence-corrected chi connectivity index (χ4v) is 1.23. The minimum Gasteiger partial charge on any atom is -0.463 e. The first-order valence-electron chi connectivity index (χ1n) is 3.28. The standard InChI is InChI=1S/C6H10O6P/c1-4(7)12-6(5(8)10-2)13(9)11-3/h6H,1-3H3/q+1. The Labute approximate surface area is 76.0 Å². The molecular formula is C6H10O6P+. The van der Waals surface area contributed by atoms with Gasteiger partial charge in [-0.15, -0.1) is 4.52 Å². The van der Waals surface area contributed by atoms with Crippen LogP contribution in [0.3, 0.4) is 0 Å². The predicted molar refractivity (Wildman–Crippen MR) is 42.2 cm³/mol. The average Bonchev–Trinajstić information content (AvgIpc) is 2.11. The van der Waals surface area contributed by atoms with Gasteiger partial charge in [-0.25, -0.2) is 4.79 Å². The second-order valence-corrected chi connectivity index (χ2v) is 3.36. The summed E-state index contributed by atoms with van der Waals surface area (Å²) >= 11 is 0. The van der Waals surface area contributed by atoms with Gasteiger partial charge in [-0.2, -0.15) is 0 Å². The highest BCUT2D eigenvalue weighted by atomic mass is 31.1. The maximum atomic E-state index is 11.0. The van der Waals surface area contributed by atoms with Crippen LogP contribution in [0.2, 0.25) is 0 Å². The van der Waals surface area contributed by atoms with Crippen LogP contribution in [0.1, 0.15) is 6.92 Å². The third-order valence-corrected chi connectivity index (χ3v) is 2.11. The number of methoxy groups -OCH3 is 1. The van der Waals surface area contributed by atoms with Crippen LogP contribution in [0.4, 0.5) is 0 Å². The van der Waals surface area contributed by atoms with Gasteiger partial charge in [-0.3, -0.25) is 4.79 Å². The largest absolute Gasteiger partial charge is 0.566 e. The highest BCUT2D eigenvalue weighted by Gasteiger charge is 2.43. The Morgan fingerprint density at radius 3 is 2.15 bits per heavy atom. The van der Waals surface area contributed by atoms with Gasteiger partial charge in [0.05, 0.1) is 14.2 Å². The molecule has 0 aromatic rings. The van der Waals surface area contributed by atoms with Gasteiger partial charge in [0.15, 0.2) is 0 Å². The van der Waals surface area contributed by atoms with Gasteiger partial charge in [-0.1, -0.05) is 0 Å². The lowest BCUT2D eigenvalue weighted by atomic mass is 10.7. The molecule has 0 aliphatic heterocycles. The van der Waals surface area contributed by atoms with Crippen molar-refractivity contribution in [2.75, 3.05) is 14.2 Å². The maximum Gasteiger partial charge on any atom is 0.566 e. The zero-order valence-electron chi connectivity index (χ0n) is 7.47. The smallest absolute Gasteiger partial charge is 0.463 e. The van der Waals surface area contributed by atoms with Crippen molar-refractivity contribution >= 4 is 20.0 Å². The molecule has 0 aromatic carbocycles. The Kier molecular flexibility index (Phi) is 5.18. The second kappa shape index (κ2) is 5.61. The van der Waals surface area contributed by atoms with Crippen LogP contribution in [-0.2, 0) is 28.2 Å². The number of hydrogen-bond acceptors (Lipinski definition) is 6. The van der Waals surface area contributed by atoms with Crippen LogP contribution in [0.15, 0.2) is 0 Å². The minimum absolute atomic E-state index is 0.726. The molecule has 0 aliphatic carbocycles. The summed E-state index contributed by atoms with van der Waals surface area (Å²) in [5.41, 5.74) is 0. The van der Waals surface area contributed by atoms with Gasteiger partial charge in [0.2, 0.25) is 0 Å². The molecule has 2 unspecified atom stereocenters. The van der Waals surface area contributed by atoms with E-state index in [1.807, 2.05) is 0 Å². The van der Waals surface area contributed by atoms with Crippen molar-refractivity contribution in [2.45, 2.75) is 12.8 Å². The van der Waals surface area contributed by atoms with Crippen LogP contribution in [0.5, 0.6) is 0 Å². The van der Waals surface area contributed by atoms with Crippen molar-refractivity contribution in [1.82, 2.24) is 0 Å². The lowest BCUT2D eigenvalue weighted by Crippen LogP contribution is -2.24. The first-order chi connectivity index (χ1) is 6.02. The van der Waals surface area contributed by atoms with Crippen LogP contribution < -0.4 is 0 Å². The van der Waals surface area contributed by atoms with E-state index in [0.29, 0.717) is 0 Å². The molecule has 0 heterocycles. The lowest BCUT2D eigenvalue weighted by Gasteiger charge is -2.02. The highest BCUT2D eigenvalue weighted by Crippen LogP contribution is 2.29. The summed E-state index contributed by atoms with van der Waals surface area (Å²) in [6.07, 6.45) is 0. The summed E-state index contributed by atoms with van der Waals surface area (Å²) in [6.45, 7) is 1.09. The molecule has 0 spiro atoms. The first-order valence-corrected chi connectivity index (χ1v) is 4.53. The van der Waals surface area contributed by atoms with Crippen LogP contribution in [0, 0.1) is 0 Å². The van der Waals surface area contributed by atoms with E-state index in [1.165, 1.54) is 0 Å². The third kappa shape index (κ3) is 3.96. The number of carbonyl (C=O) groups is 2. The molecule has 0 bridgehead atoms. The Balaban J connectivity index is 4.45.